The predicted molar refractivity (Wildman–Crippen MR) is 50.0 cm³/mol. The molecule has 2 unspecified atom stereocenters. The summed E-state index contributed by atoms with van der Waals surface area (Å²) in [5.74, 6) is -0.0296. The molecule has 0 radical (unpaired) electrons. The van der Waals surface area contributed by atoms with Crippen molar-refractivity contribution in [3.8, 4) is 0 Å². The summed E-state index contributed by atoms with van der Waals surface area (Å²) in [6, 6.07) is 0. The summed E-state index contributed by atoms with van der Waals surface area (Å²) in [6.45, 7) is 8.19. The van der Waals surface area contributed by atoms with Gasteiger partial charge < -0.3 is 5.11 Å². The number of hydrogen-bond acceptors (Lipinski definition) is 1. The average Bonchev–Trinajstić information content (AvgIpc) is 1.98. The molecule has 72 valence electrons. The van der Waals surface area contributed by atoms with Crippen molar-refractivity contribution in [2.75, 3.05) is 0 Å². The molecule has 0 fully saturated rings. The molecule has 0 rings (SSSR count). The Morgan fingerprint density at radius 3 is 2.08 bits per heavy atom. The Morgan fingerprint density at radius 1 is 1.33 bits per heavy atom. The van der Waals surface area contributed by atoms with E-state index in [-0.39, 0.29) is 5.92 Å². The molecule has 2 heteroatoms. The Balaban J connectivity index is 4.13. The predicted octanol–water partition coefficient (Wildman–Crippen LogP) is 2.78. The first-order chi connectivity index (χ1) is 5.49. The molecular weight excluding hydrogens is 152 g/mol. The van der Waals surface area contributed by atoms with Crippen LogP contribution in [0.15, 0.2) is 0 Å². The molecule has 12 heavy (non-hydrogen) atoms. The van der Waals surface area contributed by atoms with Crippen molar-refractivity contribution in [1.29, 1.82) is 0 Å². The quantitative estimate of drug-likeness (QED) is 0.692. The van der Waals surface area contributed by atoms with E-state index in [4.69, 9.17) is 5.11 Å². The van der Waals surface area contributed by atoms with Gasteiger partial charge in [0.05, 0.1) is 5.92 Å². The van der Waals surface area contributed by atoms with Gasteiger partial charge >= 0.3 is 5.97 Å². The average molecular weight is 172 g/mol. The molecule has 1 N–H and O–H groups in total. The number of carboxylic acids is 1. The van der Waals surface area contributed by atoms with Gasteiger partial charge in [-0.3, -0.25) is 4.79 Å². The number of hydrogen-bond donors (Lipinski definition) is 1. The van der Waals surface area contributed by atoms with Gasteiger partial charge in [-0.1, -0.05) is 34.1 Å². The van der Waals surface area contributed by atoms with Gasteiger partial charge in [0.1, 0.15) is 0 Å². The molecule has 0 aliphatic rings. The standard InChI is InChI=1S/C10H20O2/c1-5-8(4)9(10(11)12)6-7(2)3/h7-9H,5-6H2,1-4H3,(H,11,12). The lowest BCUT2D eigenvalue weighted by molar-refractivity contribution is -0.144. The molecule has 0 amide bonds. The van der Waals surface area contributed by atoms with Crippen LogP contribution in [-0.4, -0.2) is 11.1 Å². The van der Waals surface area contributed by atoms with E-state index in [0.29, 0.717) is 11.8 Å². The summed E-state index contributed by atoms with van der Waals surface area (Å²) in [4.78, 5) is 10.8. The zero-order chi connectivity index (χ0) is 9.72. The van der Waals surface area contributed by atoms with E-state index >= 15 is 0 Å². The number of carbonyl (C=O) groups is 1. The van der Waals surface area contributed by atoms with Gasteiger partial charge in [-0.05, 0) is 18.3 Å². The Labute approximate surface area is 75.0 Å². The van der Waals surface area contributed by atoms with Crippen LogP contribution in [0.5, 0.6) is 0 Å². The van der Waals surface area contributed by atoms with Crippen LogP contribution in [-0.2, 0) is 4.79 Å². The van der Waals surface area contributed by atoms with Gasteiger partial charge in [-0.25, -0.2) is 0 Å². The lowest BCUT2D eigenvalue weighted by Crippen LogP contribution is -2.22. The minimum Gasteiger partial charge on any atom is -0.481 e. The molecule has 2 nitrogen and oxygen atoms in total. The second-order valence-corrected chi connectivity index (χ2v) is 3.96. The highest BCUT2D eigenvalue weighted by Gasteiger charge is 2.23. The van der Waals surface area contributed by atoms with Gasteiger partial charge in [0.15, 0.2) is 0 Å². The molecule has 2 atom stereocenters. The van der Waals surface area contributed by atoms with Crippen molar-refractivity contribution in [1.82, 2.24) is 0 Å². The molecule has 0 spiro atoms. The highest BCUT2D eigenvalue weighted by atomic mass is 16.4. The maximum atomic E-state index is 10.8. The highest BCUT2D eigenvalue weighted by Crippen LogP contribution is 2.22. The van der Waals surface area contributed by atoms with E-state index < -0.39 is 5.97 Å². The fourth-order valence-electron chi connectivity index (χ4n) is 1.37. The van der Waals surface area contributed by atoms with Crippen molar-refractivity contribution in [3.63, 3.8) is 0 Å². The smallest absolute Gasteiger partial charge is 0.306 e. The Bertz CT molecular complexity index is 141. The van der Waals surface area contributed by atoms with E-state index in [1.54, 1.807) is 0 Å². The van der Waals surface area contributed by atoms with Crippen molar-refractivity contribution < 1.29 is 9.90 Å². The monoisotopic (exact) mass is 172 g/mol. The fourth-order valence-corrected chi connectivity index (χ4v) is 1.37. The van der Waals surface area contributed by atoms with Crippen molar-refractivity contribution >= 4 is 5.97 Å². The van der Waals surface area contributed by atoms with Gasteiger partial charge in [0, 0.05) is 0 Å². The van der Waals surface area contributed by atoms with Gasteiger partial charge in [-0.15, -0.1) is 0 Å². The molecule has 0 aromatic carbocycles. The highest BCUT2D eigenvalue weighted by molar-refractivity contribution is 5.70. The summed E-state index contributed by atoms with van der Waals surface area (Å²) in [5, 5.41) is 8.92. The summed E-state index contributed by atoms with van der Waals surface area (Å²) in [6.07, 6.45) is 1.74. The Kier molecular flexibility index (Phi) is 4.95. The van der Waals surface area contributed by atoms with Crippen LogP contribution in [0, 0.1) is 17.8 Å². The molecule has 0 saturated heterocycles. The zero-order valence-corrected chi connectivity index (χ0v) is 8.50. The van der Waals surface area contributed by atoms with E-state index in [2.05, 4.69) is 13.8 Å². The third kappa shape index (κ3) is 3.74. The minimum absolute atomic E-state index is 0.157. The minimum atomic E-state index is -0.641. The van der Waals surface area contributed by atoms with Crippen LogP contribution in [0.25, 0.3) is 0 Å². The fraction of sp³-hybridized carbons (Fsp3) is 0.900. The van der Waals surface area contributed by atoms with E-state index in [1.807, 2.05) is 13.8 Å². The van der Waals surface area contributed by atoms with Crippen LogP contribution in [0.3, 0.4) is 0 Å². The van der Waals surface area contributed by atoms with Crippen LogP contribution in [0.1, 0.15) is 40.5 Å². The lowest BCUT2D eigenvalue weighted by Gasteiger charge is -2.20. The zero-order valence-electron chi connectivity index (χ0n) is 8.50. The van der Waals surface area contributed by atoms with Crippen LogP contribution in [0.2, 0.25) is 0 Å². The maximum absolute atomic E-state index is 10.8. The Hall–Kier alpha value is -0.530. The maximum Gasteiger partial charge on any atom is 0.306 e. The SMILES string of the molecule is CCC(C)C(CC(C)C)C(=O)O. The summed E-state index contributed by atoms with van der Waals surface area (Å²) in [7, 11) is 0. The first-order valence-electron chi connectivity index (χ1n) is 4.71. The van der Waals surface area contributed by atoms with Crippen LogP contribution < -0.4 is 0 Å². The molecule has 0 heterocycles. The molecule has 0 saturated carbocycles. The third-order valence-corrected chi connectivity index (χ3v) is 2.37. The van der Waals surface area contributed by atoms with Crippen molar-refractivity contribution in [2.45, 2.75) is 40.5 Å². The molecule has 0 aliphatic carbocycles. The van der Waals surface area contributed by atoms with Gasteiger partial charge in [-0.2, -0.15) is 0 Å². The largest absolute Gasteiger partial charge is 0.481 e. The summed E-state index contributed by atoms with van der Waals surface area (Å²) < 4.78 is 0. The van der Waals surface area contributed by atoms with Crippen LogP contribution in [0.4, 0.5) is 0 Å². The number of rotatable bonds is 5. The van der Waals surface area contributed by atoms with Gasteiger partial charge in [0.25, 0.3) is 0 Å². The normalized spacial score (nSPS) is 16.1. The van der Waals surface area contributed by atoms with E-state index in [1.165, 1.54) is 0 Å². The first-order valence-corrected chi connectivity index (χ1v) is 4.71. The van der Waals surface area contributed by atoms with E-state index in [0.717, 1.165) is 12.8 Å². The third-order valence-electron chi connectivity index (χ3n) is 2.37. The second-order valence-electron chi connectivity index (χ2n) is 3.96. The lowest BCUT2D eigenvalue weighted by atomic mass is 9.85. The summed E-state index contributed by atoms with van der Waals surface area (Å²) in [5.41, 5.74) is 0. The Morgan fingerprint density at radius 2 is 1.83 bits per heavy atom. The first kappa shape index (κ1) is 11.5. The van der Waals surface area contributed by atoms with Crippen molar-refractivity contribution in [2.24, 2.45) is 17.8 Å². The molecular formula is C10H20O2. The van der Waals surface area contributed by atoms with E-state index in [9.17, 15) is 4.79 Å². The summed E-state index contributed by atoms with van der Waals surface area (Å²) >= 11 is 0. The molecule has 0 bridgehead atoms. The second kappa shape index (κ2) is 5.18. The van der Waals surface area contributed by atoms with Crippen LogP contribution >= 0.6 is 0 Å². The number of carboxylic acid groups (broad SMARTS) is 1. The van der Waals surface area contributed by atoms with Gasteiger partial charge in [0.2, 0.25) is 0 Å². The molecule has 0 aromatic heterocycles. The molecule has 0 aromatic rings. The topological polar surface area (TPSA) is 37.3 Å². The number of aliphatic carboxylic acids is 1. The van der Waals surface area contributed by atoms with Crippen molar-refractivity contribution in [3.05, 3.63) is 0 Å². The molecule has 0 aliphatic heterocycles.